The molecule has 6 rings (SSSR count). The average Bonchev–Trinajstić information content (AvgIpc) is 3.37. The Hall–Kier alpha value is -3.99. The van der Waals surface area contributed by atoms with Gasteiger partial charge in [-0.15, -0.1) is 0 Å². The number of aryl methyl sites for hydroxylation is 1. The Bertz CT molecular complexity index is 1550. The first-order chi connectivity index (χ1) is 18.6. The zero-order valence-corrected chi connectivity index (χ0v) is 23.1. The van der Waals surface area contributed by atoms with Gasteiger partial charge >= 0.3 is 0 Å². The normalized spacial score (nSPS) is 24.8. The second kappa shape index (κ2) is 9.04. The Morgan fingerprint density at radius 2 is 1.72 bits per heavy atom. The van der Waals surface area contributed by atoms with Crippen LogP contribution in [0.3, 0.4) is 0 Å². The third-order valence-corrected chi connectivity index (χ3v) is 8.71. The van der Waals surface area contributed by atoms with E-state index in [9.17, 15) is 14.4 Å². The van der Waals surface area contributed by atoms with E-state index in [2.05, 4.69) is 36.2 Å². The molecule has 1 spiro atoms. The number of carbonyl (C=O) groups excluding carboxylic acids is 3. The molecule has 0 bridgehead atoms. The molecule has 4 atom stereocenters. The third-order valence-electron chi connectivity index (χ3n) is 8.71. The van der Waals surface area contributed by atoms with Crippen molar-refractivity contribution in [3.05, 3.63) is 101 Å². The molecule has 3 aliphatic heterocycles. The Balaban J connectivity index is 1.60. The molecule has 0 aliphatic carbocycles. The van der Waals surface area contributed by atoms with Gasteiger partial charge in [0.2, 0.25) is 5.91 Å². The van der Waals surface area contributed by atoms with Gasteiger partial charge in [0, 0.05) is 22.5 Å². The summed E-state index contributed by atoms with van der Waals surface area (Å²) < 4.78 is 0. The van der Waals surface area contributed by atoms with E-state index in [4.69, 9.17) is 0 Å². The van der Waals surface area contributed by atoms with Crippen molar-refractivity contribution in [2.24, 2.45) is 11.8 Å². The van der Waals surface area contributed by atoms with Gasteiger partial charge in [-0.25, -0.2) is 0 Å². The molecule has 0 unspecified atom stereocenters. The number of carbonyl (C=O) groups is 3. The summed E-state index contributed by atoms with van der Waals surface area (Å²) in [4.78, 5) is 44.5. The van der Waals surface area contributed by atoms with Crippen LogP contribution in [0.5, 0.6) is 0 Å². The van der Waals surface area contributed by atoms with Gasteiger partial charge in [-0.1, -0.05) is 74.0 Å². The minimum absolute atomic E-state index is 0.122. The first kappa shape index (κ1) is 25.3. The van der Waals surface area contributed by atoms with Crippen LogP contribution < -0.4 is 10.2 Å². The fourth-order valence-corrected chi connectivity index (χ4v) is 7.15. The van der Waals surface area contributed by atoms with E-state index in [0.717, 1.165) is 39.9 Å². The van der Waals surface area contributed by atoms with Crippen molar-refractivity contribution in [2.75, 3.05) is 10.2 Å². The van der Waals surface area contributed by atoms with E-state index < -0.39 is 23.4 Å². The predicted molar refractivity (Wildman–Crippen MR) is 155 cm³/mol. The summed E-state index contributed by atoms with van der Waals surface area (Å²) in [5.74, 6) is -0.914. The molecule has 0 saturated carbocycles. The fraction of sp³-hybridized carbons (Fsp3) is 0.324. The average molecular weight is 519 g/mol. The van der Waals surface area contributed by atoms with Gasteiger partial charge in [-0.05, 0) is 68.0 Å². The van der Waals surface area contributed by atoms with Crippen molar-refractivity contribution >= 4 is 34.4 Å². The highest BCUT2D eigenvalue weighted by Crippen LogP contribution is 2.58. The predicted octanol–water partition coefficient (Wildman–Crippen LogP) is 6.15. The van der Waals surface area contributed by atoms with Gasteiger partial charge in [0.05, 0.1) is 18.0 Å². The highest BCUT2D eigenvalue weighted by Gasteiger charge is 2.70. The van der Waals surface area contributed by atoms with Crippen LogP contribution in [0.15, 0.2) is 72.8 Å². The van der Waals surface area contributed by atoms with Gasteiger partial charge < -0.3 is 10.2 Å². The Kier molecular flexibility index (Phi) is 5.87. The van der Waals surface area contributed by atoms with Crippen LogP contribution in [0.4, 0.5) is 11.4 Å². The number of fused-ring (bicyclic) bond motifs is 6. The monoisotopic (exact) mass is 518 g/mol. The first-order valence-electron chi connectivity index (χ1n) is 13.8. The van der Waals surface area contributed by atoms with Gasteiger partial charge in [0.15, 0.2) is 11.6 Å². The molecule has 3 aromatic carbocycles. The molecule has 1 fully saturated rings. The number of Topliss-reactive ketones (excluding diaryl/α,β-unsaturated/α-hetero) is 2. The first-order valence-corrected chi connectivity index (χ1v) is 13.8. The van der Waals surface area contributed by atoms with Gasteiger partial charge in [-0.3, -0.25) is 14.4 Å². The van der Waals surface area contributed by atoms with Crippen molar-refractivity contribution in [3.63, 3.8) is 0 Å². The second-order valence-electron chi connectivity index (χ2n) is 11.8. The number of allylic oxidation sites excluding steroid dienone is 1. The van der Waals surface area contributed by atoms with E-state index in [1.165, 1.54) is 0 Å². The standard InChI is InChI=1S/C34H34N2O3/c1-19(2)16-23-11-13-24(14-12-23)32(38)30-31(22(5)37)36-28-15-10-20(3)17-25(28)21(4)18-29(36)34(30)26-8-6-7-9-27(26)35-33(34)39/h6-15,17-19,29-31H,16H2,1-5H3,(H,35,39)/t29-,30-,31+,34-/m0/s1. The molecule has 39 heavy (non-hydrogen) atoms. The van der Waals surface area contributed by atoms with Crippen LogP contribution in [-0.2, 0) is 21.4 Å². The summed E-state index contributed by atoms with van der Waals surface area (Å²) in [5, 5.41) is 3.08. The lowest BCUT2D eigenvalue weighted by atomic mass is 9.64. The number of amides is 1. The maximum atomic E-state index is 14.6. The number of nitrogens with one attached hydrogen (secondary N) is 1. The van der Waals surface area contributed by atoms with E-state index in [-0.39, 0.29) is 17.5 Å². The number of nitrogens with zero attached hydrogens (tertiary/aromatic N) is 1. The van der Waals surface area contributed by atoms with Crippen LogP contribution in [0.1, 0.15) is 60.3 Å². The smallest absolute Gasteiger partial charge is 0.238 e. The van der Waals surface area contributed by atoms with E-state index >= 15 is 0 Å². The maximum Gasteiger partial charge on any atom is 0.238 e. The minimum Gasteiger partial charge on any atom is -0.352 e. The van der Waals surface area contributed by atoms with Crippen molar-refractivity contribution in [3.8, 4) is 0 Å². The summed E-state index contributed by atoms with van der Waals surface area (Å²) in [6, 6.07) is 20.2. The second-order valence-corrected chi connectivity index (χ2v) is 11.8. The highest BCUT2D eigenvalue weighted by molar-refractivity contribution is 6.16. The summed E-state index contributed by atoms with van der Waals surface area (Å²) in [5.41, 5.74) is 6.02. The number of hydrogen-bond donors (Lipinski definition) is 1. The molecule has 198 valence electrons. The zero-order chi connectivity index (χ0) is 27.6. The number of anilines is 2. The molecule has 3 aliphatic rings. The number of rotatable bonds is 5. The number of para-hydroxylation sites is 1. The van der Waals surface area contributed by atoms with Crippen molar-refractivity contribution < 1.29 is 14.4 Å². The van der Waals surface area contributed by atoms with Gasteiger partial charge in [-0.2, -0.15) is 0 Å². The molecule has 3 heterocycles. The topological polar surface area (TPSA) is 66.5 Å². The SMILES string of the molecule is CC(=O)[C@@H]1[C@@H](C(=O)c2ccc(CC(C)C)cc2)[C@@]2(C(=O)Nc3ccccc32)[C@@H]2C=C(C)c3cc(C)ccc3N12. The Morgan fingerprint density at radius 1 is 1.00 bits per heavy atom. The molecule has 0 aromatic heterocycles. The molecule has 5 nitrogen and oxygen atoms in total. The lowest BCUT2D eigenvalue weighted by Crippen LogP contribution is -2.51. The van der Waals surface area contributed by atoms with Crippen molar-refractivity contribution in [1.29, 1.82) is 0 Å². The van der Waals surface area contributed by atoms with Crippen LogP contribution in [-0.4, -0.2) is 29.6 Å². The zero-order valence-electron chi connectivity index (χ0n) is 23.1. The summed E-state index contributed by atoms with van der Waals surface area (Å²) >= 11 is 0. The van der Waals surface area contributed by atoms with Crippen LogP contribution in [0.2, 0.25) is 0 Å². The van der Waals surface area contributed by atoms with Crippen LogP contribution in [0.25, 0.3) is 5.57 Å². The summed E-state index contributed by atoms with van der Waals surface area (Å²) in [6.07, 6.45) is 3.02. The van der Waals surface area contributed by atoms with Crippen molar-refractivity contribution in [1.82, 2.24) is 0 Å². The summed E-state index contributed by atoms with van der Waals surface area (Å²) in [7, 11) is 0. The van der Waals surface area contributed by atoms with Crippen LogP contribution >= 0.6 is 0 Å². The molecular formula is C34H34N2O3. The largest absolute Gasteiger partial charge is 0.352 e. The minimum atomic E-state index is -1.25. The van der Waals surface area contributed by atoms with E-state index in [1.807, 2.05) is 74.5 Å². The number of ketones is 2. The fourth-order valence-electron chi connectivity index (χ4n) is 7.15. The molecule has 5 heteroatoms. The number of benzene rings is 3. The molecule has 1 saturated heterocycles. The molecule has 3 aromatic rings. The maximum absolute atomic E-state index is 14.6. The lowest BCUT2D eigenvalue weighted by molar-refractivity contribution is -0.122. The third kappa shape index (κ3) is 3.63. The highest BCUT2D eigenvalue weighted by atomic mass is 16.2. The van der Waals surface area contributed by atoms with Gasteiger partial charge in [0.25, 0.3) is 0 Å². The molecular weight excluding hydrogens is 484 g/mol. The molecule has 1 amide bonds. The van der Waals surface area contributed by atoms with E-state index in [0.29, 0.717) is 17.2 Å². The molecule has 0 radical (unpaired) electrons. The lowest BCUT2D eigenvalue weighted by Gasteiger charge is -2.39. The van der Waals surface area contributed by atoms with E-state index in [1.54, 1.807) is 6.92 Å². The quantitative estimate of drug-likeness (QED) is 0.412. The van der Waals surface area contributed by atoms with Gasteiger partial charge in [0.1, 0.15) is 5.41 Å². The van der Waals surface area contributed by atoms with Crippen LogP contribution in [0, 0.1) is 18.8 Å². The Morgan fingerprint density at radius 3 is 2.41 bits per heavy atom. The molecule has 1 N–H and O–H groups in total. The van der Waals surface area contributed by atoms with Crippen molar-refractivity contribution in [2.45, 2.75) is 58.5 Å². The Labute approximate surface area is 229 Å². The number of hydrogen-bond acceptors (Lipinski definition) is 4. The summed E-state index contributed by atoms with van der Waals surface area (Å²) in [6.45, 7) is 9.97.